The molecule has 0 aliphatic rings. The van der Waals surface area contributed by atoms with Crippen LogP contribution in [0.5, 0.6) is 0 Å². The Morgan fingerprint density at radius 1 is 1.41 bits per heavy atom. The summed E-state index contributed by atoms with van der Waals surface area (Å²) in [6, 6.07) is 6.27. The third kappa shape index (κ3) is 3.64. The maximum atomic E-state index is 11.4. The summed E-state index contributed by atoms with van der Waals surface area (Å²) in [7, 11) is -4.51. The third-order valence-electron chi connectivity index (χ3n) is 3.35. The Morgan fingerprint density at radius 2 is 2.09 bits per heavy atom. The Labute approximate surface area is 126 Å². The summed E-state index contributed by atoms with van der Waals surface area (Å²) in [5, 5.41) is 12.6. The fraction of sp³-hybridized carbons (Fsp3) is 0.214. The normalized spacial score (nSPS) is 14.6. The number of carbonyl (C=O) groups is 1. The van der Waals surface area contributed by atoms with Crippen molar-refractivity contribution in [1.82, 2.24) is 10.3 Å². The summed E-state index contributed by atoms with van der Waals surface area (Å²) in [4.78, 5) is 32.8. The maximum absolute atomic E-state index is 11.4. The molecule has 0 bridgehead atoms. The van der Waals surface area contributed by atoms with Crippen molar-refractivity contribution in [2.45, 2.75) is 18.2 Å². The number of fused-ring (bicyclic) bond motifs is 1. The summed E-state index contributed by atoms with van der Waals surface area (Å²) in [5.74, 6) is -2.59. The number of aromatic nitrogens is 1. The molecular weight excluding hydrogens is 307 g/mol. The smallest absolute Gasteiger partial charge is 0.346 e. The van der Waals surface area contributed by atoms with Crippen LogP contribution in [0.1, 0.15) is 5.56 Å². The van der Waals surface area contributed by atoms with Gasteiger partial charge in [-0.1, -0.05) is 24.3 Å². The van der Waals surface area contributed by atoms with E-state index in [1.165, 1.54) is 0 Å². The highest BCUT2D eigenvalue weighted by Crippen LogP contribution is 2.40. The fourth-order valence-corrected chi connectivity index (χ4v) is 2.90. The predicted octanol–water partition coefficient (Wildman–Crippen LogP) is 1.44. The molecule has 8 heteroatoms. The van der Waals surface area contributed by atoms with Crippen molar-refractivity contribution >= 4 is 24.5 Å². The van der Waals surface area contributed by atoms with Crippen LogP contribution in [-0.2, 0) is 15.8 Å². The lowest BCUT2D eigenvalue weighted by Crippen LogP contribution is -2.43. The van der Waals surface area contributed by atoms with Crippen molar-refractivity contribution in [3.8, 4) is 0 Å². The second-order valence-electron chi connectivity index (χ2n) is 4.89. The van der Waals surface area contributed by atoms with E-state index in [2.05, 4.69) is 16.9 Å². The lowest BCUT2D eigenvalue weighted by molar-refractivity contribution is -0.139. The van der Waals surface area contributed by atoms with E-state index in [4.69, 9.17) is 0 Å². The number of para-hydroxylation sites is 1. The molecule has 2 aromatic rings. The Balaban J connectivity index is 2.24. The SMILES string of the molecule is C=CC(N[C@@H](Cc1c[nH]c2ccccc12)C(=O)O)P(=O)(O)O. The maximum Gasteiger partial charge on any atom is 0.346 e. The van der Waals surface area contributed by atoms with Gasteiger partial charge in [0.1, 0.15) is 11.8 Å². The van der Waals surface area contributed by atoms with E-state index in [0.717, 1.165) is 22.5 Å². The van der Waals surface area contributed by atoms with Gasteiger partial charge >= 0.3 is 13.6 Å². The number of carboxylic acids is 1. The van der Waals surface area contributed by atoms with Gasteiger partial charge in [-0.3, -0.25) is 14.7 Å². The van der Waals surface area contributed by atoms with Crippen LogP contribution >= 0.6 is 7.60 Å². The number of benzene rings is 1. The Kier molecular flexibility index (Phi) is 4.83. The highest BCUT2D eigenvalue weighted by atomic mass is 31.2. The molecule has 1 aromatic heterocycles. The quantitative estimate of drug-likeness (QED) is 0.388. The average molecular weight is 324 g/mol. The van der Waals surface area contributed by atoms with E-state index in [-0.39, 0.29) is 6.42 Å². The summed E-state index contributed by atoms with van der Waals surface area (Å²) in [6.45, 7) is 3.33. The number of hydrogen-bond donors (Lipinski definition) is 5. The number of hydrogen-bond acceptors (Lipinski definition) is 3. The van der Waals surface area contributed by atoms with Crippen LogP contribution in [0.3, 0.4) is 0 Å². The number of aromatic amines is 1. The topological polar surface area (TPSA) is 123 Å². The largest absolute Gasteiger partial charge is 0.480 e. The zero-order chi connectivity index (χ0) is 16.3. The third-order valence-corrected chi connectivity index (χ3v) is 4.44. The molecule has 7 nitrogen and oxygen atoms in total. The molecule has 1 aromatic carbocycles. The van der Waals surface area contributed by atoms with Gasteiger partial charge in [-0.25, -0.2) is 0 Å². The number of carboxylic acid groups (broad SMARTS) is 1. The van der Waals surface area contributed by atoms with Crippen LogP contribution in [0.25, 0.3) is 10.9 Å². The Bertz CT molecular complexity index is 736. The van der Waals surface area contributed by atoms with Crippen LogP contribution < -0.4 is 5.32 Å². The zero-order valence-electron chi connectivity index (χ0n) is 11.6. The minimum atomic E-state index is -4.51. The van der Waals surface area contributed by atoms with Gasteiger partial charge in [-0.05, 0) is 11.6 Å². The lowest BCUT2D eigenvalue weighted by Gasteiger charge is -2.21. The highest BCUT2D eigenvalue weighted by Gasteiger charge is 2.31. The Hall–Kier alpha value is -1.92. The number of rotatable bonds is 7. The number of aliphatic carboxylic acids is 1. The molecule has 1 heterocycles. The van der Waals surface area contributed by atoms with E-state index < -0.39 is 25.4 Å². The van der Waals surface area contributed by atoms with Gasteiger partial charge in [-0.2, -0.15) is 0 Å². The molecule has 0 aliphatic carbocycles. The molecule has 1 unspecified atom stereocenters. The first-order chi connectivity index (χ1) is 10.3. The molecule has 0 radical (unpaired) electrons. The van der Waals surface area contributed by atoms with Crippen molar-refractivity contribution in [2.75, 3.05) is 0 Å². The van der Waals surface area contributed by atoms with Gasteiger partial charge in [0.15, 0.2) is 0 Å². The standard InChI is InChI=1S/C14H17N2O5P/c1-2-13(22(19,20)21)16-12(14(17)18)7-9-8-15-11-6-4-3-5-10(9)11/h2-6,8,12-13,15-16H,1,7H2,(H,17,18)(H2,19,20,21)/t12-,13?/m0/s1. The molecule has 0 saturated carbocycles. The first-order valence-corrected chi connectivity index (χ1v) is 8.22. The van der Waals surface area contributed by atoms with Crippen LogP contribution in [-0.4, -0.2) is 37.7 Å². The lowest BCUT2D eigenvalue weighted by atomic mass is 10.1. The van der Waals surface area contributed by atoms with Crippen LogP contribution in [0, 0.1) is 0 Å². The zero-order valence-corrected chi connectivity index (χ0v) is 12.5. The van der Waals surface area contributed by atoms with Gasteiger partial charge in [0.05, 0.1) is 0 Å². The first kappa shape index (κ1) is 16.5. The van der Waals surface area contributed by atoms with Crippen molar-refractivity contribution in [3.05, 3.63) is 48.7 Å². The van der Waals surface area contributed by atoms with Crippen molar-refractivity contribution in [1.29, 1.82) is 0 Å². The molecule has 2 atom stereocenters. The second-order valence-corrected chi connectivity index (χ2v) is 6.63. The predicted molar refractivity (Wildman–Crippen MR) is 82.6 cm³/mol. The molecule has 0 saturated heterocycles. The van der Waals surface area contributed by atoms with Crippen LogP contribution in [0.15, 0.2) is 43.1 Å². The molecule has 22 heavy (non-hydrogen) atoms. The summed E-state index contributed by atoms with van der Waals surface area (Å²) < 4.78 is 11.3. The van der Waals surface area contributed by atoms with Gasteiger partial charge < -0.3 is 19.9 Å². The van der Waals surface area contributed by atoms with Crippen LogP contribution in [0.4, 0.5) is 0 Å². The average Bonchev–Trinajstić information content (AvgIpc) is 2.85. The molecule has 0 aliphatic heterocycles. The minimum absolute atomic E-state index is 0.0870. The fourth-order valence-electron chi connectivity index (χ4n) is 2.25. The van der Waals surface area contributed by atoms with E-state index in [1.54, 1.807) is 6.20 Å². The van der Waals surface area contributed by atoms with E-state index >= 15 is 0 Å². The molecule has 118 valence electrons. The first-order valence-electron chi connectivity index (χ1n) is 6.54. The van der Waals surface area contributed by atoms with E-state index in [9.17, 15) is 24.3 Å². The van der Waals surface area contributed by atoms with Crippen molar-refractivity contribution < 1.29 is 24.3 Å². The second kappa shape index (κ2) is 6.46. The number of H-pyrrole nitrogens is 1. The molecular formula is C14H17N2O5P. The van der Waals surface area contributed by atoms with Gasteiger partial charge in [0, 0.05) is 23.5 Å². The Morgan fingerprint density at radius 3 is 2.68 bits per heavy atom. The molecule has 0 spiro atoms. The van der Waals surface area contributed by atoms with Crippen LogP contribution in [0.2, 0.25) is 0 Å². The molecule has 5 N–H and O–H groups in total. The minimum Gasteiger partial charge on any atom is -0.480 e. The van der Waals surface area contributed by atoms with Gasteiger partial charge in [0.2, 0.25) is 0 Å². The monoisotopic (exact) mass is 324 g/mol. The summed E-state index contributed by atoms with van der Waals surface area (Å²) in [6.07, 6.45) is 2.80. The van der Waals surface area contributed by atoms with E-state index in [1.807, 2.05) is 24.3 Å². The summed E-state index contributed by atoms with van der Waals surface area (Å²) in [5.41, 5.74) is 1.63. The molecule has 0 amide bonds. The number of nitrogens with one attached hydrogen (secondary N) is 2. The van der Waals surface area contributed by atoms with E-state index in [0.29, 0.717) is 0 Å². The van der Waals surface area contributed by atoms with Gasteiger partial charge in [0.25, 0.3) is 0 Å². The van der Waals surface area contributed by atoms with Gasteiger partial charge in [-0.15, -0.1) is 6.58 Å². The van der Waals surface area contributed by atoms with Crippen molar-refractivity contribution in [3.63, 3.8) is 0 Å². The molecule has 0 fully saturated rings. The summed E-state index contributed by atoms with van der Waals surface area (Å²) >= 11 is 0. The van der Waals surface area contributed by atoms with Crippen molar-refractivity contribution in [2.24, 2.45) is 0 Å². The highest BCUT2D eigenvalue weighted by molar-refractivity contribution is 7.52. The molecule has 2 rings (SSSR count).